The van der Waals surface area contributed by atoms with Crippen molar-refractivity contribution < 1.29 is 19.4 Å². The number of carbonyl (C=O) groups is 2. The van der Waals surface area contributed by atoms with Crippen LogP contribution in [-0.2, 0) is 9.59 Å². The maximum Gasteiger partial charge on any atom is 0.269 e. The molecule has 2 amide bonds. The average molecular weight is 549 g/mol. The van der Waals surface area contributed by atoms with E-state index in [0.717, 1.165) is 0 Å². The lowest BCUT2D eigenvalue weighted by Crippen LogP contribution is -2.07. The molecule has 4 aromatic rings. The van der Waals surface area contributed by atoms with Gasteiger partial charge in [-0.05, 0) is 47.5 Å². The summed E-state index contributed by atoms with van der Waals surface area (Å²) in [4.78, 5) is 53.5. The summed E-state index contributed by atoms with van der Waals surface area (Å²) in [5.41, 5.74) is 2.22. The molecule has 190 valence electrons. The van der Waals surface area contributed by atoms with Crippen molar-refractivity contribution >= 4 is 68.3 Å². The Kier molecular flexibility index (Phi) is 8.05. The third-order valence-electron chi connectivity index (χ3n) is 4.79. The van der Waals surface area contributed by atoms with E-state index in [-0.39, 0.29) is 11.4 Å². The molecular weight excluding hydrogens is 532 g/mol. The zero-order valence-electron chi connectivity index (χ0n) is 19.1. The van der Waals surface area contributed by atoms with Crippen molar-refractivity contribution in [3.8, 4) is 11.4 Å². The fourth-order valence-corrected chi connectivity index (χ4v) is 4.36. The van der Waals surface area contributed by atoms with E-state index in [1.807, 2.05) is 0 Å². The summed E-state index contributed by atoms with van der Waals surface area (Å²) in [5.74, 6) is -0.842. The number of anilines is 2. The molecule has 2 aromatic carbocycles. The number of thiazole rings is 2. The molecule has 0 radical (unpaired) electrons. The van der Waals surface area contributed by atoms with Gasteiger partial charge in [-0.1, -0.05) is 0 Å². The number of aromatic nitrogens is 2. The maximum absolute atomic E-state index is 12.2. The van der Waals surface area contributed by atoms with Crippen LogP contribution in [0.2, 0.25) is 0 Å². The summed E-state index contributed by atoms with van der Waals surface area (Å²) in [6, 6.07) is 11.5. The van der Waals surface area contributed by atoms with Gasteiger partial charge in [0.1, 0.15) is 11.4 Å². The predicted octanol–water partition coefficient (Wildman–Crippen LogP) is 5.39. The van der Waals surface area contributed by atoms with Crippen LogP contribution in [0.3, 0.4) is 0 Å². The van der Waals surface area contributed by atoms with Crippen LogP contribution >= 0.6 is 22.7 Å². The van der Waals surface area contributed by atoms with E-state index in [2.05, 4.69) is 20.6 Å². The fraction of sp³-hybridized carbons (Fsp3) is 0. The Hall–Kier alpha value is -5.08. The van der Waals surface area contributed by atoms with Gasteiger partial charge in [0, 0.05) is 47.2 Å². The van der Waals surface area contributed by atoms with Gasteiger partial charge in [0.2, 0.25) is 11.8 Å². The number of amides is 2. The molecule has 0 spiro atoms. The highest BCUT2D eigenvalue weighted by molar-refractivity contribution is 7.15. The van der Waals surface area contributed by atoms with Crippen LogP contribution in [0.25, 0.3) is 23.5 Å². The van der Waals surface area contributed by atoms with Gasteiger partial charge in [0.25, 0.3) is 11.4 Å². The summed E-state index contributed by atoms with van der Waals surface area (Å²) < 4.78 is 0. The SMILES string of the molecule is O=C(C=Cc1ccc([N+](=O)[O-])cc1)Nc1nc(-c2csc(NC(=O)C=Cc3ccc([N+](=O)[O-])cc3)n2)cs1. The molecule has 2 aromatic heterocycles. The van der Waals surface area contributed by atoms with Crippen molar-refractivity contribution in [2.75, 3.05) is 10.6 Å². The molecule has 0 saturated heterocycles. The van der Waals surface area contributed by atoms with E-state index in [0.29, 0.717) is 32.8 Å². The maximum atomic E-state index is 12.2. The third kappa shape index (κ3) is 6.99. The summed E-state index contributed by atoms with van der Waals surface area (Å²) in [6.07, 6.45) is 5.64. The minimum absolute atomic E-state index is 0.0367. The van der Waals surface area contributed by atoms with Crippen molar-refractivity contribution in [2.24, 2.45) is 0 Å². The van der Waals surface area contributed by atoms with Crippen LogP contribution in [0.4, 0.5) is 21.6 Å². The van der Waals surface area contributed by atoms with Crippen molar-refractivity contribution in [3.63, 3.8) is 0 Å². The minimum Gasteiger partial charge on any atom is -0.298 e. The van der Waals surface area contributed by atoms with Gasteiger partial charge in [-0.15, -0.1) is 22.7 Å². The Bertz CT molecular complexity index is 1440. The molecule has 0 saturated carbocycles. The fourth-order valence-electron chi connectivity index (χ4n) is 2.95. The van der Waals surface area contributed by atoms with Crippen LogP contribution in [0, 0.1) is 20.2 Å². The van der Waals surface area contributed by atoms with Gasteiger partial charge >= 0.3 is 0 Å². The monoisotopic (exact) mass is 548 g/mol. The topological polar surface area (TPSA) is 170 Å². The van der Waals surface area contributed by atoms with E-state index >= 15 is 0 Å². The summed E-state index contributed by atoms with van der Waals surface area (Å²) >= 11 is 2.41. The highest BCUT2D eigenvalue weighted by Gasteiger charge is 2.11. The Balaban J connectivity index is 1.31. The van der Waals surface area contributed by atoms with Gasteiger partial charge in [-0.2, -0.15) is 0 Å². The molecule has 0 aliphatic carbocycles. The standard InChI is InChI=1S/C24H16N6O6S2/c31-21(11-5-15-1-7-17(8-2-15)29(33)34)27-23-25-19(13-37-23)20-14-38-24(26-20)28-22(32)12-6-16-3-9-18(10-4-16)30(35)36/h1-14H,(H,25,27,31)(H,26,28,32). The van der Waals surface area contributed by atoms with E-state index in [1.54, 1.807) is 10.8 Å². The molecule has 0 atom stereocenters. The largest absolute Gasteiger partial charge is 0.298 e. The lowest BCUT2D eigenvalue weighted by molar-refractivity contribution is -0.385. The van der Waals surface area contributed by atoms with Crippen molar-refractivity contribution in [2.45, 2.75) is 0 Å². The first kappa shape index (κ1) is 26.0. The van der Waals surface area contributed by atoms with Crippen LogP contribution < -0.4 is 10.6 Å². The molecule has 0 bridgehead atoms. The number of non-ortho nitro benzene ring substituents is 2. The van der Waals surface area contributed by atoms with Crippen molar-refractivity contribution in [1.29, 1.82) is 0 Å². The molecular formula is C24H16N6O6S2. The number of carbonyl (C=O) groups excluding carboxylic acids is 2. The number of nitrogens with zero attached hydrogens (tertiary/aromatic N) is 4. The Morgan fingerprint density at radius 2 is 1.05 bits per heavy atom. The third-order valence-corrected chi connectivity index (χ3v) is 6.31. The molecule has 0 unspecified atom stereocenters. The van der Waals surface area contributed by atoms with Crippen LogP contribution in [0.5, 0.6) is 0 Å². The number of nitro benzene ring substituents is 2. The minimum atomic E-state index is -0.499. The van der Waals surface area contributed by atoms with E-state index in [9.17, 15) is 29.8 Å². The van der Waals surface area contributed by atoms with Gasteiger partial charge < -0.3 is 0 Å². The first-order valence-corrected chi connectivity index (χ1v) is 12.4. The second-order valence-corrected chi connectivity index (χ2v) is 9.13. The first-order chi connectivity index (χ1) is 18.3. The first-order valence-electron chi connectivity index (χ1n) is 10.7. The molecule has 38 heavy (non-hydrogen) atoms. The van der Waals surface area contributed by atoms with Crippen molar-refractivity contribution in [3.05, 3.63) is 103 Å². The predicted molar refractivity (Wildman–Crippen MR) is 145 cm³/mol. The Morgan fingerprint density at radius 3 is 1.39 bits per heavy atom. The zero-order valence-corrected chi connectivity index (χ0v) is 20.8. The van der Waals surface area contributed by atoms with Gasteiger partial charge in [0.05, 0.1) is 9.85 Å². The van der Waals surface area contributed by atoms with E-state index in [4.69, 9.17) is 0 Å². The lowest BCUT2D eigenvalue weighted by atomic mass is 10.2. The van der Waals surface area contributed by atoms with Gasteiger partial charge in [-0.25, -0.2) is 9.97 Å². The Morgan fingerprint density at radius 1 is 0.684 bits per heavy atom. The van der Waals surface area contributed by atoms with E-state index < -0.39 is 21.7 Å². The van der Waals surface area contributed by atoms with Gasteiger partial charge in [0.15, 0.2) is 10.3 Å². The van der Waals surface area contributed by atoms with Crippen LogP contribution in [0.1, 0.15) is 11.1 Å². The highest BCUT2D eigenvalue weighted by Crippen LogP contribution is 2.28. The zero-order chi connectivity index (χ0) is 27.1. The molecule has 0 aliphatic heterocycles. The molecule has 0 fully saturated rings. The number of hydrogen-bond acceptors (Lipinski definition) is 10. The van der Waals surface area contributed by atoms with Crippen LogP contribution in [0.15, 0.2) is 71.4 Å². The second kappa shape index (κ2) is 11.8. The highest BCUT2D eigenvalue weighted by atomic mass is 32.1. The molecule has 2 N–H and O–H groups in total. The normalized spacial score (nSPS) is 11.1. The molecule has 14 heteroatoms. The number of benzene rings is 2. The molecule has 2 heterocycles. The number of nitrogens with one attached hydrogen (secondary N) is 2. The lowest BCUT2D eigenvalue weighted by Gasteiger charge is -1.97. The quantitative estimate of drug-likeness (QED) is 0.159. The smallest absolute Gasteiger partial charge is 0.269 e. The number of rotatable bonds is 9. The van der Waals surface area contributed by atoms with Crippen molar-refractivity contribution in [1.82, 2.24) is 9.97 Å². The molecule has 4 rings (SSSR count). The average Bonchev–Trinajstić information content (AvgIpc) is 3.56. The molecule has 0 aliphatic rings. The van der Waals surface area contributed by atoms with Crippen LogP contribution in [-0.4, -0.2) is 31.6 Å². The summed E-state index contributed by atoms with van der Waals surface area (Å²) in [7, 11) is 0. The number of nitro groups is 2. The van der Waals surface area contributed by atoms with Gasteiger partial charge in [-0.3, -0.25) is 40.5 Å². The van der Waals surface area contributed by atoms with E-state index in [1.165, 1.54) is 95.5 Å². The second-order valence-electron chi connectivity index (χ2n) is 7.42. The number of hydrogen-bond donors (Lipinski definition) is 2. The summed E-state index contributed by atoms with van der Waals surface area (Å²) in [6.45, 7) is 0. The Labute approximate surface area is 222 Å². The summed E-state index contributed by atoms with van der Waals surface area (Å²) in [5, 5.41) is 30.8. The molecule has 12 nitrogen and oxygen atoms in total.